The van der Waals surface area contributed by atoms with Gasteiger partial charge in [-0.05, 0) is 37.5 Å². The average Bonchev–Trinajstić information content (AvgIpc) is 3.42. The molecule has 27 heavy (non-hydrogen) atoms. The van der Waals surface area contributed by atoms with E-state index in [1.54, 1.807) is 6.08 Å². The van der Waals surface area contributed by atoms with Gasteiger partial charge in [0.15, 0.2) is 0 Å². The third kappa shape index (κ3) is 3.94. The summed E-state index contributed by atoms with van der Waals surface area (Å²) in [6, 6.07) is 0.765. The molecule has 0 aromatic rings. The van der Waals surface area contributed by atoms with E-state index in [4.69, 9.17) is 0 Å². The highest BCUT2D eigenvalue weighted by molar-refractivity contribution is 5.83. The lowest BCUT2D eigenvalue weighted by Crippen LogP contribution is -2.53. The predicted molar refractivity (Wildman–Crippen MR) is 106 cm³/mol. The van der Waals surface area contributed by atoms with E-state index in [-0.39, 0.29) is 17.2 Å². The molecule has 2 aliphatic heterocycles. The van der Waals surface area contributed by atoms with Gasteiger partial charge in [-0.15, -0.1) is 6.58 Å². The van der Waals surface area contributed by atoms with Crippen molar-refractivity contribution in [1.82, 2.24) is 14.7 Å². The topological polar surface area (TPSA) is 43.9 Å². The first kappa shape index (κ1) is 19.0. The number of amides is 2. The smallest absolute Gasteiger partial charge is 0.226 e. The van der Waals surface area contributed by atoms with Crippen molar-refractivity contribution in [2.45, 2.75) is 63.8 Å². The van der Waals surface area contributed by atoms with Crippen LogP contribution in [0.1, 0.15) is 57.8 Å². The normalized spacial score (nSPS) is 29.0. The first-order valence-corrected chi connectivity index (χ1v) is 11.0. The van der Waals surface area contributed by atoms with Crippen molar-refractivity contribution in [2.75, 3.05) is 39.3 Å². The van der Waals surface area contributed by atoms with E-state index < -0.39 is 0 Å². The molecule has 2 saturated heterocycles. The Labute approximate surface area is 163 Å². The van der Waals surface area contributed by atoms with Crippen LogP contribution >= 0.6 is 0 Å². The van der Waals surface area contributed by atoms with Gasteiger partial charge in [-0.1, -0.05) is 25.3 Å². The summed E-state index contributed by atoms with van der Waals surface area (Å²) in [4.78, 5) is 31.8. The highest BCUT2D eigenvalue weighted by Gasteiger charge is 2.59. The SMILES string of the molecule is C=CCC(=O)N1CCC2(CC1)CC2C(=O)N1CCN(C2CCCCC2)CC1. The molecule has 1 spiro atoms. The first-order valence-electron chi connectivity index (χ1n) is 11.0. The Morgan fingerprint density at radius 2 is 1.59 bits per heavy atom. The highest BCUT2D eigenvalue weighted by Crippen LogP contribution is 2.60. The molecule has 4 fully saturated rings. The van der Waals surface area contributed by atoms with Crippen LogP contribution < -0.4 is 0 Å². The molecule has 0 N–H and O–H groups in total. The molecule has 2 heterocycles. The van der Waals surface area contributed by atoms with Gasteiger partial charge in [0.05, 0.1) is 0 Å². The minimum atomic E-state index is 0.183. The summed E-state index contributed by atoms with van der Waals surface area (Å²) in [5, 5.41) is 0. The van der Waals surface area contributed by atoms with Gasteiger partial charge in [0.2, 0.25) is 11.8 Å². The summed E-state index contributed by atoms with van der Waals surface area (Å²) in [6.07, 6.45) is 12.0. The Morgan fingerprint density at radius 1 is 0.926 bits per heavy atom. The summed E-state index contributed by atoms with van der Waals surface area (Å²) in [6.45, 7) is 9.21. The minimum Gasteiger partial charge on any atom is -0.342 e. The fourth-order valence-electron chi connectivity index (χ4n) is 5.68. The van der Waals surface area contributed by atoms with Crippen molar-refractivity contribution < 1.29 is 9.59 Å². The lowest BCUT2D eigenvalue weighted by Gasteiger charge is -2.41. The molecule has 2 saturated carbocycles. The second-order valence-corrected chi connectivity index (χ2v) is 9.15. The second-order valence-electron chi connectivity index (χ2n) is 9.15. The number of nitrogens with zero attached hydrogens (tertiary/aromatic N) is 3. The largest absolute Gasteiger partial charge is 0.342 e. The van der Waals surface area contributed by atoms with Crippen molar-refractivity contribution in [2.24, 2.45) is 11.3 Å². The minimum absolute atomic E-state index is 0.183. The van der Waals surface area contributed by atoms with E-state index in [9.17, 15) is 9.59 Å². The Morgan fingerprint density at radius 3 is 2.22 bits per heavy atom. The molecule has 4 rings (SSSR count). The van der Waals surface area contributed by atoms with E-state index >= 15 is 0 Å². The number of hydrogen-bond donors (Lipinski definition) is 0. The average molecular weight is 374 g/mol. The van der Waals surface area contributed by atoms with E-state index in [1.165, 1.54) is 32.1 Å². The van der Waals surface area contributed by atoms with Crippen LogP contribution in [0.5, 0.6) is 0 Å². The maximum atomic E-state index is 13.0. The van der Waals surface area contributed by atoms with Gasteiger partial charge in [-0.2, -0.15) is 0 Å². The highest BCUT2D eigenvalue weighted by atomic mass is 16.2. The molecule has 4 aliphatic rings. The maximum absolute atomic E-state index is 13.0. The first-order chi connectivity index (χ1) is 13.1. The number of carbonyl (C=O) groups excluding carboxylic acids is 2. The van der Waals surface area contributed by atoms with Gasteiger partial charge < -0.3 is 9.80 Å². The molecule has 0 radical (unpaired) electrons. The molecule has 2 aliphatic carbocycles. The molecule has 5 nitrogen and oxygen atoms in total. The van der Waals surface area contributed by atoms with Crippen LogP contribution in [0.15, 0.2) is 12.7 Å². The number of carbonyl (C=O) groups is 2. The predicted octanol–water partition coefficient (Wildman–Crippen LogP) is 2.67. The van der Waals surface area contributed by atoms with Gasteiger partial charge in [-0.3, -0.25) is 14.5 Å². The number of likely N-dealkylation sites (tertiary alicyclic amines) is 1. The van der Waals surface area contributed by atoms with E-state index in [2.05, 4.69) is 16.4 Å². The van der Waals surface area contributed by atoms with Crippen molar-refractivity contribution >= 4 is 11.8 Å². The zero-order chi connectivity index (χ0) is 18.9. The summed E-state index contributed by atoms with van der Waals surface area (Å²) in [5.41, 5.74) is 0.197. The number of rotatable bonds is 4. The molecule has 1 unspecified atom stereocenters. The van der Waals surface area contributed by atoms with Crippen LogP contribution in [-0.4, -0.2) is 71.8 Å². The summed E-state index contributed by atoms with van der Waals surface area (Å²) in [7, 11) is 0. The molecular formula is C22H35N3O2. The van der Waals surface area contributed by atoms with Crippen LogP contribution in [0.2, 0.25) is 0 Å². The Bertz CT molecular complexity index is 568. The van der Waals surface area contributed by atoms with Gasteiger partial charge >= 0.3 is 0 Å². The number of piperazine rings is 1. The monoisotopic (exact) mass is 373 g/mol. The third-order valence-corrected chi connectivity index (χ3v) is 7.64. The fraction of sp³-hybridized carbons (Fsp3) is 0.818. The van der Waals surface area contributed by atoms with Crippen molar-refractivity contribution in [3.8, 4) is 0 Å². The quantitative estimate of drug-likeness (QED) is 0.712. The Hall–Kier alpha value is -1.36. The van der Waals surface area contributed by atoms with E-state index in [0.717, 1.165) is 64.6 Å². The van der Waals surface area contributed by atoms with Gasteiger partial charge in [0.25, 0.3) is 0 Å². The number of hydrogen-bond acceptors (Lipinski definition) is 3. The number of piperidine rings is 1. The molecule has 150 valence electrons. The zero-order valence-corrected chi connectivity index (χ0v) is 16.7. The zero-order valence-electron chi connectivity index (χ0n) is 16.7. The van der Waals surface area contributed by atoms with Crippen molar-refractivity contribution in [1.29, 1.82) is 0 Å². The lowest BCUT2D eigenvalue weighted by molar-refractivity contribution is -0.136. The standard InChI is InChI=1S/C22H35N3O2/c1-2-6-20(26)24-11-9-22(10-12-24)17-19(22)21(27)25-15-13-23(14-16-25)18-7-4-3-5-8-18/h2,18-19H,1,3-17H2. The Balaban J connectivity index is 1.24. The maximum Gasteiger partial charge on any atom is 0.226 e. The molecule has 5 heteroatoms. The van der Waals surface area contributed by atoms with Crippen molar-refractivity contribution in [3.63, 3.8) is 0 Å². The van der Waals surface area contributed by atoms with Crippen LogP contribution in [-0.2, 0) is 9.59 Å². The molecule has 0 aromatic carbocycles. The van der Waals surface area contributed by atoms with Crippen LogP contribution in [0.25, 0.3) is 0 Å². The summed E-state index contributed by atoms with van der Waals surface area (Å²) in [5.74, 6) is 0.793. The summed E-state index contributed by atoms with van der Waals surface area (Å²) < 4.78 is 0. The molecule has 0 aromatic heterocycles. The molecule has 1 atom stereocenters. The van der Waals surface area contributed by atoms with E-state index in [1.807, 2.05) is 4.90 Å². The van der Waals surface area contributed by atoms with Crippen LogP contribution in [0, 0.1) is 11.3 Å². The van der Waals surface area contributed by atoms with Gasteiger partial charge in [-0.25, -0.2) is 0 Å². The molecular weight excluding hydrogens is 338 g/mol. The van der Waals surface area contributed by atoms with E-state index in [0.29, 0.717) is 12.3 Å². The summed E-state index contributed by atoms with van der Waals surface area (Å²) >= 11 is 0. The Kier molecular flexibility index (Phi) is 5.58. The van der Waals surface area contributed by atoms with Crippen LogP contribution in [0.4, 0.5) is 0 Å². The van der Waals surface area contributed by atoms with Crippen molar-refractivity contribution in [3.05, 3.63) is 12.7 Å². The molecule has 0 bridgehead atoms. The second kappa shape index (κ2) is 7.94. The third-order valence-electron chi connectivity index (χ3n) is 7.64. The fourth-order valence-corrected chi connectivity index (χ4v) is 5.68. The van der Waals surface area contributed by atoms with Gasteiger partial charge in [0.1, 0.15) is 0 Å². The molecule has 2 amide bonds. The van der Waals surface area contributed by atoms with Gasteiger partial charge in [0, 0.05) is 57.6 Å². The van der Waals surface area contributed by atoms with Crippen LogP contribution in [0.3, 0.4) is 0 Å². The lowest BCUT2D eigenvalue weighted by atomic mass is 9.90.